The highest BCUT2D eigenvalue weighted by atomic mass is 35.5. The molecule has 6 heteroatoms. The second kappa shape index (κ2) is 4.86. The Bertz CT molecular complexity index is 394. The summed E-state index contributed by atoms with van der Waals surface area (Å²) in [6.45, 7) is 1.38. The molecular weight excluding hydrogens is 251 g/mol. The van der Waals surface area contributed by atoms with Crippen LogP contribution >= 0.6 is 19.2 Å². The maximum Gasteiger partial charge on any atom is 0.365 e. The van der Waals surface area contributed by atoms with Crippen molar-refractivity contribution in [2.45, 2.75) is 12.3 Å². The predicted molar refractivity (Wildman–Crippen MR) is 62.6 cm³/mol. The predicted octanol–water partition coefficient (Wildman–Crippen LogP) is 2.99. The molecule has 0 amide bonds. The monoisotopic (exact) mass is 264 g/mol. The minimum atomic E-state index is -3.61. The first-order valence-corrected chi connectivity index (χ1v) is 6.49. The average Bonchev–Trinajstić information content (AvgIpc) is 2.28. The molecule has 90 valence electrons. The van der Waals surface area contributed by atoms with Gasteiger partial charge >= 0.3 is 7.60 Å². The van der Waals surface area contributed by atoms with Crippen LogP contribution in [0.4, 0.5) is 0 Å². The van der Waals surface area contributed by atoms with Crippen molar-refractivity contribution >= 4 is 19.2 Å². The minimum Gasteiger partial charge on any atom is -0.373 e. The quantitative estimate of drug-likeness (QED) is 0.850. The molecule has 0 aliphatic heterocycles. The summed E-state index contributed by atoms with van der Waals surface area (Å²) in [6.07, 6.45) is 0. The lowest BCUT2D eigenvalue weighted by Crippen LogP contribution is -2.23. The van der Waals surface area contributed by atoms with Crippen LogP contribution in [-0.2, 0) is 19.0 Å². The number of benzene rings is 1. The molecule has 1 rings (SSSR count). The largest absolute Gasteiger partial charge is 0.373 e. The van der Waals surface area contributed by atoms with Crippen LogP contribution in [0.3, 0.4) is 0 Å². The van der Waals surface area contributed by atoms with Crippen molar-refractivity contribution in [1.82, 2.24) is 0 Å². The first kappa shape index (κ1) is 13.7. The number of hydrogen-bond donors (Lipinski definition) is 1. The zero-order valence-electron chi connectivity index (χ0n) is 9.31. The van der Waals surface area contributed by atoms with Crippen LogP contribution in [-0.4, -0.2) is 19.3 Å². The van der Waals surface area contributed by atoms with Gasteiger partial charge in [0, 0.05) is 19.2 Å². The fraction of sp³-hybridized carbons (Fsp3) is 0.400. The zero-order chi connectivity index (χ0) is 12.4. The second-order valence-electron chi connectivity index (χ2n) is 3.39. The van der Waals surface area contributed by atoms with E-state index in [1.807, 2.05) is 0 Å². The zero-order valence-corrected chi connectivity index (χ0v) is 11.0. The third kappa shape index (κ3) is 2.31. The highest BCUT2D eigenvalue weighted by Gasteiger charge is 2.46. The first-order valence-electron chi connectivity index (χ1n) is 4.57. The van der Waals surface area contributed by atoms with Gasteiger partial charge in [-0.1, -0.05) is 23.7 Å². The molecule has 0 unspecified atom stereocenters. The number of aliphatic hydroxyl groups is 1. The van der Waals surface area contributed by atoms with E-state index in [4.69, 9.17) is 20.6 Å². The van der Waals surface area contributed by atoms with E-state index in [2.05, 4.69) is 0 Å². The van der Waals surface area contributed by atoms with Gasteiger partial charge in [-0.25, -0.2) is 0 Å². The Labute approximate surface area is 99.7 Å². The summed E-state index contributed by atoms with van der Waals surface area (Å²) in [5, 5.41) is 9.06. The van der Waals surface area contributed by atoms with Gasteiger partial charge in [0.25, 0.3) is 0 Å². The van der Waals surface area contributed by atoms with Crippen molar-refractivity contribution < 1.29 is 18.7 Å². The van der Waals surface area contributed by atoms with Gasteiger partial charge in [-0.2, -0.15) is 0 Å². The topological polar surface area (TPSA) is 55.8 Å². The molecule has 0 fully saturated rings. The van der Waals surface area contributed by atoms with E-state index in [1.165, 1.54) is 21.1 Å². The second-order valence-corrected chi connectivity index (χ2v) is 6.42. The third-order valence-corrected chi connectivity index (χ3v) is 4.94. The fourth-order valence-corrected chi connectivity index (χ4v) is 2.81. The summed E-state index contributed by atoms with van der Waals surface area (Å²) in [5.41, 5.74) is 0.420. The van der Waals surface area contributed by atoms with Crippen LogP contribution in [0.2, 0.25) is 5.02 Å². The van der Waals surface area contributed by atoms with Gasteiger partial charge in [0.15, 0.2) is 5.34 Å². The lowest BCUT2D eigenvalue weighted by molar-refractivity contribution is 0.0932. The van der Waals surface area contributed by atoms with Crippen LogP contribution in [0.15, 0.2) is 24.3 Å². The summed E-state index contributed by atoms with van der Waals surface area (Å²) < 4.78 is 21.7. The van der Waals surface area contributed by atoms with E-state index >= 15 is 0 Å². The molecule has 0 bridgehead atoms. The molecule has 0 aliphatic carbocycles. The summed E-state index contributed by atoms with van der Waals surface area (Å²) >= 11 is 5.73. The molecule has 4 nitrogen and oxygen atoms in total. The summed E-state index contributed by atoms with van der Waals surface area (Å²) in [6, 6.07) is 6.35. The van der Waals surface area contributed by atoms with Gasteiger partial charge in [0.05, 0.1) is 0 Å². The SMILES string of the molecule is COP(=O)(OC)[C@](C)(O)c1ccc(Cl)cc1. The standard InChI is InChI=1S/C10H14ClO4P/c1-10(12,16(13,14-2)15-3)8-4-6-9(11)7-5-8/h4-7,12H,1-3H3/t10-/m0/s1. The molecule has 0 saturated carbocycles. The van der Waals surface area contributed by atoms with Gasteiger partial charge in [-0.05, 0) is 24.6 Å². The third-order valence-electron chi connectivity index (χ3n) is 2.41. The van der Waals surface area contributed by atoms with E-state index in [0.717, 1.165) is 0 Å². The van der Waals surface area contributed by atoms with Crippen LogP contribution in [0.5, 0.6) is 0 Å². The first-order chi connectivity index (χ1) is 7.37. The lowest BCUT2D eigenvalue weighted by Gasteiger charge is -2.29. The van der Waals surface area contributed by atoms with Crippen LogP contribution < -0.4 is 0 Å². The molecule has 1 atom stereocenters. The van der Waals surface area contributed by atoms with Crippen molar-refractivity contribution in [3.05, 3.63) is 34.9 Å². The van der Waals surface area contributed by atoms with Gasteiger partial charge in [0.1, 0.15) is 0 Å². The normalized spacial score (nSPS) is 15.8. The van der Waals surface area contributed by atoms with E-state index in [-0.39, 0.29) is 0 Å². The molecule has 0 radical (unpaired) electrons. The van der Waals surface area contributed by atoms with Crippen molar-refractivity contribution in [1.29, 1.82) is 0 Å². The van der Waals surface area contributed by atoms with Gasteiger partial charge < -0.3 is 14.2 Å². The fourth-order valence-electron chi connectivity index (χ4n) is 1.35. The molecule has 0 saturated heterocycles. The van der Waals surface area contributed by atoms with Crippen LogP contribution in [0, 0.1) is 0 Å². The highest BCUT2D eigenvalue weighted by molar-refractivity contribution is 7.54. The molecule has 1 aromatic carbocycles. The van der Waals surface area contributed by atoms with Crippen molar-refractivity contribution in [2.24, 2.45) is 0 Å². The van der Waals surface area contributed by atoms with E-state index in [9.17, 15) is 9.67 Å². The molecule has 0 aromatic heterocycles. The smallest absolute Gasteiger partial charge is 0.365 e. The Morgan fingerprint density at radius 3 is 2.06 bits per heavy atom. The summed E-state index contributed by atoms with van der Waals surface area (Å²) in [7, 11) is -1.15. The Kier molecular flexibility index (Phi) is 4.16. The van der Waals surface area contributed by atoms with Gasteiger partial charge in [-0.15, -0.1) is 0 Å². The summed E-state index contributed by atoms with van der Waals surface area (Å²) in [4.78, 5) is 0. The van der Waals surface area contributed by atoms with Gasteiger partial charge in [-0.3, -0.25) is 4.57 Å². The number of rotatable bonds is 4. The molecule has 16 heavy (non-hydrogen) atoms. The van der Waals surface area contributed by atoms with E-state index < -0.39 is 12.9 Å². The Morgan fingerprint density at radius 1 is 1.25 bits per heavy atom. The number of hydrogen-bond acceptors (Lipinski definition) is 4. The van der Waals surface area contributed by atoms with Gasteiger partial charge in [0.2, 0.25) is 0 Å². The van der Waals surface area contributed by atoms with Crippen LogP contribution in [0.25, 0.3) is 0 Å². The Morgan fingerprint density at radius 2 is 1.69 bits per heavy atom. The van der Waals surface area contributed by atoms with Crippen LogP contribution in [0.1, 0.15) is 12.5 Å². The van der Waals surface area contributed by atoms with E-state index in [1.54, 1.807) is 24.3 Å². The Balaban J connectivity index is 3.19. The van der Waals surface area contributed by atoms with Crippen molar-refractivity contribution in [3.8, 4) is 0 Å². The number of halogens is 1. The van der Waals surface area contributed by atoms with Crippen molar-refractivity contribution in [2.75, 3.05) is 14.2 Å². The van der Waals surface area contributed by atoms with E-state index in [0.29, 0.717) is 10.6 Å². The molecule has 1 N–H and O–H groups in total. The molecule has 0 aliphatic rings. The average molecular weight is 265 g/mol. The lowest BCUT2D eigenvalue weighted by atomic mass is 10.1. The minimum absolute atomic E-state index is 0.420. The maximum atomic E-state index is 12.1. The highest BCUT2D eigenvalue weighted by Crippen LogP contribution is 2.62. The molecule has 0 heterocycles. The Hall–Kier alpha value is -0.380. The summed E-state index contributed by atoms with van der Waals surface area (Å²) in [5.74, 6) is 0. The molecule has 1 aromatic rings. The molecular formula is C10H14ClO4P. The maximum absolute atomic E-state index is 12.1. The molecule has 0 spiro atoms. The van der Waals surface area contributed by atoms with Crippen molar-refractivity contribution in [3.63, 3.8) is 0 Å².